The van der Waals surface area contributed by atoms with Gasteiger partial charge >= 0.3 is 5.97 Å². The summed E-state index contributed by atoms with van der Waals surface area (Å²) in [4.78, 5) is 25.8. The first kappa shape index (κ1) is 25.9. The van der Waals surface area contributed by atoms with Gasteiger partial charge in [0.2, 0.25) is 5.91 Å². The van der Waals surface area contributed by atoms with Crippen LogP contribution < -0.4 is 10.1 Å². The monoisotopic (exact) mass is 540 g/mol. The highest BCUT2D eigenvalue weighted by Crippen LogP contribution is 2.44. The molecule has 36 heavy (non-hydrogen) atoms. The maximum atomic E-state index is 13.1. The number of hydrogen-bond acceptors (Lipinski definition) is 6. The van der Waals surface area contributed by atoms with Gasteiger partial charge in [-0.25, -0.2) is 0 Å². The third-order valence-corrected chi connectivity index (χ3v) is 7.50. The molecule has 184 valence electrons. The molecule has 0 bridgehead atoms. The van der Waals surface area contributed by atoms with Gasteiger partial charge in [-0.2, -0.15) is 5.26 Å². The minimum atomic E-state index is -1.28. The topological polar surface area (TPSA) is 88.4 Å². The molecule has 1 aliphatic heterocycles. The number of carbonyl (C=O) groups is 2. The van der Waals surface area contributed by atoms with Crippen LogP contribution in [0.2, 0.25) is 10.0 Å². The van der Waals surface area contributed by atoms with Crippen LogP contribution in [0, 0.1) is 17.2 Å². The van der Waals surface area contributed by atoms with Crippen LogP contribution in [0.15, 0.2) is 65.2 Å². The average Bonchev–Trinajstić information content (AvgIpc) is 2.88. The van der Waals surface area contributed by atoms with Crippen LogP contribution in [0.5, 0.6) is 5.75 Å². The summed E-state index contributed by atoms with van der Waals surface area (Å²) in [5.41, 5.74) is 1.70. The summed E-state index contributed by atoms with van der Waals surface area (Å²) in [6, 6.07) is 19.5. The highest BCUT2D eigenvalue weighted by molar-refractivity contribution is 8.02. The molecule has 3 aromatic rings. The van der Waals surface area contributed by atoms with Crippen LogP contribution in [0.4, 0.5) is 0 Å². The van der Waals surface area contributed by atoms with Crippen molar-refractivity contribution < 1.29 is 19.1 Å². The molecule has 0 aromatic heterocycles. The highest BCUT2D eigenvalue weighted by Gasteiger charge is 2.44. The van der Waals surface area contributed by atoms with Crippen molar-refractivity contribution in [2.24, 2.45) is 5.92 Å². The number of nitrogens with zero attached hydrogens (tertiary/aromatic N) is 1. The number of nitriles is 1. The van der Waals surface area contributed by atoms with Crippen LogP contribution in [0.25, 0.3) is 10.8 Å². The molecule has 1 N–H and O–H groups in total. The minimum absolute atomic E-state index is 0.219. The molecule has 0 unspecified atom stereocenters. The van der Waals surface area contributed by atoms with Gasteiger partial charge in [-0.05, 0) is 41.0 Å². The first-order valence-corrected chi connectivity index (χ1v) is 12.9. The van der Waals surface area contributed by atoms with E-state index in [0.29, 0.717) is 28.7 Å². The first-order chi connectivity index (χ1) is 17.4. The molecule has 0 radical (unpaired) electrons. The average molecular weight is 541 g/mol. The van der Waals surface area contributed by atoms with E-state index in [1.165, 1.54) is 18.9 Å². The van der Waals surface area contributed by atoms with Crippen molar-refractivity contribution in [2.45, 2.75) is 18.6 Å². The highest BCUT2D eigenvalue weighted by atomic mass is 35.5. The summed E-state index contributed by atoms with van der Waals surface area (Å²) in [5.74, 6) is -2.72. The number of carbonyl (C=O) groups excluding carboxylic acids is 2. The first-order valence-electron chi connectivity index (χ1n) is 11.1. The molecule has 3 aromatic carbocycles. The number of esters is 1. The zero-order valence-corrected chi connectivity index (χ0v) is 21.8. The standard InChI is InChI=1S/C27H22Cl2N2O4S/c1-3-35-24-20(28)11-18(12-21(24)29)22-19(13-30)26(31-25(32)23(22)27(33)34-2)36-14-15-8-9-16-6-4-5-7-17(16)10-15/h4-12,22-23H,3,14H2,1-2H3,(H,31,32)/t22-,23+/m0/s1. The molecule has 6 nitrogen and oxygen atoms in total. The predicted molar refractivity (Wildman–Crippen MR) is 142 cm³/mol. The summed E-state index contributed by atoms with van der Waals surface area (Å²) >= 11 is 14.1. The van der Waals surface area contributed by atoms with Crippen molar-refractivity contribution in [1.29, 1.82) is 5.26 Å². The summed E-state index contributed by atoms with van der Waals surface area (Å²) in [6.07, 6.45) is 0. The Bertz CT molecular complexity index is 1390. The van der Waals surface area contributed by atoms with Crippen LogP contribution in [0.3, 0.4) is 0 Å². The summed E-state index contributed by atoms with van der Waals surface area (Å²) < 4.78 is 10.4. The fraction of sp³-hybridized carbons (Fsp3) is 0.222. The minimum Gasteiger partial charge on any atom is -0.491 e. The Morgan fingerprint density at radius 2 is 1.81 bits per heavy atom. The smallest absolute Gasteiger partial charge is 0.319 e. The molecule has 4 rings (SSSR count). The summed E-state index contributed by atoms with van der Waals surface area (Å²) in [7, 11) is 1.20. The normalized spacial score (nSPS) is 17.5. The maximum absolute atomic E-state index is 13.1. The van der Waals surface area contributed by atoms with E-state index < -0.39 is 23.7 Å². The predicted octanol–water partition coefficient (Wildman–Crippen LogP) is 6.22. The fourth-order valence-corrected chi connectivity index (χ4v) is 5.81. The summed E-state index contributed by atoms with van der Waals surface area (Å²) in [5, 5.41) is 15.9. The number of fused-ring (bicyclic) bond motifs is 1. The van der Waals surface area contributed by atoms with Crippen molar-refractivity contribution in [2.75, 3.05) is 13.7 Å². The SMILES string of the molecule is CCOc1c(Cl)cc([C@H]2C(C#N)=C(SCc3ccc4ccccc4c3)NC(=O)[C@@H]2C(=O)OC)cc1Cl. The van der Waals surface area contributed by atoms with Crippen LogP contribution >= 0.6 is 35.0 Å². The van der Waals surface area contributed by atoms with Gasteiger partial charge < -0.3 is 14.8 Å². The number of amides is 1. The Kier molecular flexibility index (Phi) is 8.10. The largest absolute Gasteiger partial charge is 0.491 e. The fourth-order valence-electron chi connectivity index (χ4n) is 4.20. The van der Waals surface area contributed by atoms with Crippen molar-refractivity contribution in [3.05, 3.63) is 86.4 Å². The Morgan fingerprint density at radius 3 is 2.44 bits per heavy atom. The van der Waals surface area contributed by atoms with Crippen LogP contribution in [0.1, 0.15) is 24.0 Å². The lowest BCUT2D eigenvalue weighted by Gasteiger charge is -2.31. The molecule has 0 aliphatic carbocycles. The van der Waals surface area contributed by atoms with E-state index >= 15 is 0 Å². The van der Waals surface area contributed by atoms with E-state index in [1.54, 1.807) is 19.1 Å². The summed E-state index contributed by atoms with van der Waals surface area (Å²) in [6.45, 7) is 2.16. The lowest BCUT2D eigenvalue weighted by atomic mass is 9.78. The zero-order chi connectivity index (χ0) is 25.8. The molecular formula is C27H22Cl2N2O4S. The third kappa shape index (κ3) is 5.17. The lowest BCUT2D eigenvalue weighted by Crippen LogP contribution is -2.44. The molecule has 0 spiro atoms. The number of thioether (sulfide) groups is 1. The number of halogens is 2. The van der Waals surface area contributed by atoms with Crippen molar-refractivity contribution in [3.8, 4) is 11.8 Å². The lowest BCUT2D eigenvalue weighted by molar-refractivity contribution is -0.150. The van der Waals surface area contributed by atoms with E-state index in [-0.39, 0.29) is 15.6 Å². The van der Waals surface area contributed by atoms with E-state index in [2.05, 4.69) is 17.5 Å². The second kappa shape index (κ2) is 11.3. The molecular weight excluding hydrogens is 519 g/mol. The Morgan fingerprint density at radius 1 is 1.11 bits per heavy atom. The number of rotatable bonds is 7. The number of ether oxygens (including phenoxy) is 2. The van der Waals surface area contributed by atoms with E-state index in [1.807, 2.05) is 36.4 Å². The van der Waals surface area contributed by atoms with Gasteiger partial charge in [-0.15, -0.1) is 11.8 Å². The number of benzene rings is 3. The molecule has 0 saturated carbocycles. The van der Waals surface area contributed by atoms with Gasteiger partial charge in [0.05, 0.1) is 40.4 Å². The Labute approximate surface area is 223 Å². The van der Waals surface area contributed by atoms with Crippen LogP contribution in [-0.2, 0) is 20.1 Å². The van der Waals surface area contributed by atoms with Gasteiger partial charge in [-0.3, -0.25) is 9.59 Å². The quantitative estimate of drug-likeness (QED) is 0.282. The zero-order valence-electron chi connectivity index (χ0n) is 19.5. The second-order valence-electron chi connectivity index (χ2n) is 8.04. The molecule has 1 aliphatic rings. The van der Waals surface area contributed by atoms with Gasteiger partial charge in [0.1, 0.15) is 5.92 Å². The molecule has 9 heteroatoms. The number of nitrogens with one attached hydrogen (secondary N) is 1. The maximum Gasteiger partial charge on any atom is 0.319 e. The Balaban J connectivity index is 1.75. The number of allylic oxidation sites excluding steroid dienone is 1. The van der Waals surface area contributed by atoms with Crippen molar-refractivity contribution in [1.82, 2.24) is 5.32 Å². The number of methoxy groups -OCH3 is 1. The van der Waals surface area contributed by atoms with E-state index in [0.717, 1.165) is 16.3 Å². The molecule has 1 amide bonds. The van der Waals surface area contributed by atoms with E-state index in [4.69, 9.17) is 32.7 Å². The number of hydrogen-bond donors (Lipinski definition) is 1. The van der Waals surface area contributed by atoms with Crippen molar-refractivity contribution in [3.63, 3.8) is 0 Å². The van der Waals surface area contributed by atoms with Crippen LogP contribution in [-0.4, -0.2) is 25.6 Å². The third-order valence-electron chi connectivity index (χ3n) is 5.85. The van der Waals surface area contributed by atoms with E-state index in [9.17, 15) is 14.9 Å². The van der Waals surface area contributed by atoms with Gasteiger partial charge in [0, 0.05) is 11.7 Å². The Hall–Kier alpha value is -3.18. The molecule has 1 heterocycles. The second-order valence-corrected chi connectivity index (χ2v) is 9.84. The molecule has 2 atom stereocenters. The van der Waals surface area contributed by atoms with Gasteiger partial charge in [-0.1, -0.05) is 65.7 Å². The van der Waals surface area contributed by atoms with Gasteiger partial charge in [0.15, 0.2) is 5.75 Å². The van der Waals surface area contributed by atoms with Gasteiger partial charge in [0.25, 0.3) is 0 Å². The molecule has 0 fully saturated rings. The van der Waals surface area contributed by atoms with Crippen molar-refractivity contribution >= 4 is 57.6 Å². The molecule has 0 saturated heterocycles.